The Morgan fingerprint density at radius 3 is 2.75 bits per heavy atom. The van der Waals surface area contributed by atoms with E-state index >= 15 is 0 Å². The summed E-state index contributed by atoms with van der Waals surface area (Å²) in [6.45, 7) is 5.64. The molecule has 1 N–H and O–H groups in total. The number of nitrogens with zero attached hydrogens (tertiary/aromatic N) is 2. The van der Waals surface area contributed by atoms with Gasteiger partial charge in [-0.2, -0.15) is 0 Å². The number of hydrogen-bond donors (Lipinski definition) is 1. The molecule has 2 heterocycles. The van der Waals surface area contributed by atoms with E-state index < -0.39 is 0 Å². The maximum Gasteiger partial charge on any atom is 0.255 e. The van der Waals surface area contributed by atoms with Crippen molar-refractivity contribution in [2.75, 3.05) is 11.9 Å². The second-order valence-electron chi connectivity index (χ2n) is 7.30. The molecular formula is C24H25N3O. The Bertz CT molecular complexity index is 1010. The van der Waals surface area contributed by atoms with Gasteiger partial charge in [0.1, 0.15) is 0 Å². The standard InChI is InChI=1S/C24H25N3O/c1-3-18-10-6-7-17(2)23(18)26-22-13-21(14-25-15-22)24(28)27-12-11-19-8-4-5-9-20(19)16-27/h4-10,13-15,26H,3,11-12,16H2,1-2H3. The molecule has 0 fully saturated rings. The number of para-hydroxylation sites is 1. The monoisotopic (exact) mass is 371 g/mol. The van der Waals surface area contributed by atoms with Gasteiger partial charge in [0.25, 0.3) is 5.91 Å². The number of aryl methyl sites for hydroxylation is 2. The highest BCUT2D eigenvalue weighted by atomic mass is 16.2. The van der Waals surface area contributed by atoms with E-state index in [1.54, 1.807) is 12.4 Å². The number of benzene rings is 2. The van der Waals surface area contributed by atoms with Crippen molar-refractivity contribution in [3.63, 3.8) is 0 Å². The molecule has 2 aromatic carbocycles. The van der Waals surface area contributed by atoms with Crippen molar-refractivity contribution in [1.82, 2.24) is 9.88 Å². The Morgan fingerprint density at radius 1 is 1.11 bits per heavy atom. The van der Waals surface area contributed by atoms with E-state index in [4.69, 9.17) is 0 Å². The Labute approximate surface area is 166 Å². The minimum Gasteiger partial charge on any atom is -0.354 e. The number of hydrogen-bond acceptors (Lipinski definition) is 3. The minimum absolute atomic E-state index is 0.0335. The lowest BCUT2D eigenvalue weighted by Crippen LogP contribution is -2.36. The molecule has 0 atom stereocenters. The molecule has 0 unspecified atom stereocenters. The summed E-state index contributed by atoms with van der Waals surface area (Å²) in [6.07, 6.45) is 5.28. The van der Waals surface area contributed by atoms with Crippen LogP contribution in [-0.2, 0) is 19.4 Å². The molecule has 142 valence electrons. The average molecular weight is 371 g/mol. The van der Waals surface area contributed by atoms with Gasteiger partial charge in [-0.25, -0.2) is 0 Å². The van der Waals surface area contributed by atoms with Crippen molar-refractivity contribution < 1.29 is 4.79 Å². The number of aromatic nitrogens is 1. The molecular weight excluding hydrogens is 346 g/mol. The number of carbonyl (C=O) groups excluding carboxylic acids is 1. The van der Waals surface area contributed by atoms with Crippen LogP contribution in [0.4, 0.5) is 11.4 Å². The third-order valence-corrected chi connectivity index (χ3v) is 5.41. The third-order valence-electron chi connectivity index (χ3n) is 5.41. The van der Waals surface area contributed by atoms with Crippen molar-refractivity contribution in [2.45, 2.75) is 33.2 Å². The van der Waals surface area contributed by atoms with Crippen LogP contribution in [0.1, 0.15) is 39.5 Å². The van der Waals surface area contributed by atoms with Gasteiger partial charge in [0.15, 0.2) is 0 Å². The number of anilines is 2. The van der Waals surface area contributed by atoms with Gasteiger partial charge < -0.3 is 10.2 Å². The topological polar surface area (TPSA) is 45.2 Å². The second-order valence-corrected chi connectivity index (χ2v) is 7.30. The van der Waals surface area contributed by atoms with Crippen molar-refractivity contribution in [2.24, 2.45) is 0 Å². The third kappa shape index (κ3) is 3.63. The molecule has 1 aromatic heterocycles. The van der Waals surface area contributed by atoms with Crippen molar-refractivity contribution in [1.29, 1.82) is 0 Å². The van der Waals surface area contributed by atoms with E-state index in [2.05, 4.69) is 60.5 Å². The van der Waals surface area contributed by atoms with Gasteiger partial charge in [-0.1, -0.05) is 49.4 Å². The molecule has 0 radical (unpaired) electrons. The lowest BCUT2D eigenvalue weighted by atomic mass is 9.99. The molecule has 4 nitrogen and oxygen atoms in total. The predicted molar refractivity (Wildman–Crippen MR) is 113 cm³/mol. The van der Waals surface area contributed by atoms with E-state index in [9.17, 15) is 4.79 Å². The zero-order valence-corrected chi connectivity index (χ0v) is 16.4. The highest BCUT2D eigenvalue weighted by molar-refractivity contribution is 5.95. The summed E-state index contributed by atoms with van der Waals surface area (Å²) in [5, 5.41) is 3.47. The summed E-state index contributed by atoms with van der Waals surface area (Å²) in [5.74, 6) is 0.0335. The molecule has 1 aliphatic rings. The van der Waals surface area contributed by atoms with E-state index in [0.29, 0.717) is 12.1 Å². The van der Waals surface area contributed by atoms with Gasteiger partial charge >= 0.3 is 0 Å². The minimum atomic E-state index is 0.0335. The molecule has 4 rings (SSSR count). The Morgan fingerprint density at radius 2 is 1.93 bits per heavy atom. The zero-order chi connectivity index (χ0) is 19.5. The fourth-order valence-corrected chi connectivity index (χ4v) is 3.82. The normalized spacial score (nSPS) is 13.1. The Balaban J connectivity index is 1.55. The van der Waals surface area contributed by atoms with Gasteiger partial charge in [0.2, 0.25) is 0 Å². The summed E-state index contributed by atoms with van der Waals surface area (Å²) in [7, 11) is 0. The van der Waals surface area contributed by atoms with Crippen LogP contribution in [0.3, 0.4) is 0 Å². The summed E-state index contributed by atoms with van der Waals surface area (Å²) < 4.78 is 0. The Kier molecular flexibility index (Phi) is 5.11. The first-order chi connectivity index (χ1) is 13.7. The number of fused-ring (bicyclic) bond motifs is 1. The molecule has 4 heteroatoms. The van der Waals surface area contributed by atoms with Crippen molar-refractivity contribution in [3.05, 3.63) is 88.7 Å². The van der Waals surface area contributed by atoms with Gasteiger partial charge in [0, 0.05) is 25.0 Å². The SMILES string of the molecule is CCc1cccc(C)c1Nc1cncc(C(=O)N2CCc3ccccc3C2)c1. The van der Waals surface area contributed by atoms with Crippen LogP contribution in [0.15, 0.2) is 60.9 Å². The van der Waals surface area contributed by atoms with E-state index in [-0.39, 0.29) is 5.91 Å². The molecule has 0 spiro atoms. The van der Waals surface area contributed by atoms with Gasteiger partial charge in [-0.15, -0.1) is 0 Å². The fourth-order valence-electron chi connectivity index (χ4n) is 3.82. The lowest BCUT2D eigenvalue weighted by Gasteiger charge is -2.29. The van der Waals surface area contributed by atoms with Crippen LogP contribution >= 0.6 is 0 Å². The summed E-state index contributed by atoms with van der Waals surface area (Å²) in [4.78, 5) is 19.3. The highest BCUT2D eigenvalue weighted by Gasteiger charge is 2.22. The zero-order valence-electron chi connectivity index (χ0n) is 16.4. The van der Waals surface area contributed by atoms with Gasteiger partial charge in [0.05, 0.1) is 17.4 Å². The molecule has 0 saturated heterocycles. The molecule has 0 aliphatic carbocycles. The molecule has 3 aromatic rings. The number of amides is 1. The first-order valence-electron chi connectivity index (χ1n) is 9.82. The number of pyridine rings is 1. The first-order valence-corrected chi connectivity index (χ1v) is 9.82. The average Bonchev–Trinajstić information content (AvgIpc) is 2.74. The maximum atomic E-state index is 13.1. The number of rotatable bonds is 4. The van der Waals surface area contributed by atoms with Crippen LogP contribution in [0, 0.1) is 6.92 Å². The van der Waals surface area contributed by atoms with Crippen molar-refractivity contribution >= 4 is 17.3 Å². The van der Waals surface area contributed by atoms with E-state index in [1.807, 2.05) is 17.0 Å². The highest BCUT2D eigenvalue weighted by Crippen LogP contribution is 2.26. The largest absolute Gasteiger partial charge is 0.354 e. The van der Waals surface area contributed by atoms with Crippen LogP contribution < -0.4 is 5.32 Å². The second kappa shape index (κ2) is 7.85. The fraction of sp³-hybridized carbons (Fsp3) is 0.250. The van der Waals surface area contributed by atoms with Crippen LogP contribution in [0.5, 0.6) is 0 Å². The molecule has 0 saturated carbocycles. The summed E-state index contributed by atoms with van der Waals surface area (Å²) in [5.41, 5.74) is 7.57. The molecule has 0 bridgehead atoms. The number of nitrogens with one attached hydrogen (secondary N) is 1. The first kappa shape index (κ1) is 18.2. The summed E-state index contributed by atoms with van der Waals surface area (Å²) in [6, 6.07) is 16.6. The molecule has 1 amide bonds. The quantitative estimate of drug-likeness (QED) is 0.710. The van der Waals surface area contributed by atoms with Gasteiger partial charge in [-0.05, 0) is 48.1 Å². The Hall–Kier alpha value is -3.14. The van der Waals surface area contributed by atoms with Gasteiger partial charge in [-0.3, -0.25) is 9.78 Å². The molecule has 28 heavy (non-hydrogen) atoms. The molecule has 1 aliphatic heterocycles. The van der Waals surface area contributed by atoms with Crippen molar-refractivity contribution in [3.8, 4) is 0 Å². The lowest BCUT2D eigenvalue weighted by molar-refractivity contribution is 0.0734. The number of carbonyl (C=O) groups is 1. The van der Waals surface area contributed by atoms with E-state index in [0.717, 1.165) is 30.8 Å². The van der Waals surface area contributed by atoms with E-state index in [1.165, 1.54) is 22.3 Å². The van der Waals surface area contributed by atoms with Crippen LogP contribution in [-0.4, -0.2) is 22.3 Å². The van der Waals surface area contributed by atoms with Crippen LogP contribution in [0.25, 0.3) is 0 Å². The maximum absolute atomic E-state index is 13.1. The predicted octanol–water partition coefficient (Wildman–Crippen LogP) is 4.89. The van der Waals surface area contributed by atoms with Crippen LogP contribution in [0.2, 0.25) is 0 Å². The smallest absolute Gasteiger partial charge is 0.255 e. The summed E-state index contributed by atoms with van der Waals surface area (Å²) >= 11 is 0.